The summed E-state index contributed by atoms with van der Waals surface area (Å²) in [6, 6.07) is 4.39. The van der Waals surface area contributed by atoms with Crippen molar-refractivity contribution in [2.24, 2.45) is 5.73 Å². The van der Waals surface area contributed by atoms with Gasteiger partial charge in [-0.05, 0) is 23.8 Å². The smallest absolute Gasteiger partial charge is 0.328 e. The number of nitrogens with two attached hydrogens (primary N) is 1. The highest BCUT2D eigenvalue weighted by Gasteiger charge is 2.03. The largest absolute Gasteiger partial charge is 0.478 e. The lowest BCUT2D eigenvalue weighted by Crippen LogP contribution is -2.13. The Hall–Kier alpha value is -1.82. The second kappa shape index (κ2) is 6.80. The van der Waals surface area contributed by atoms with Gasteiger partial charge in [0.05, 0.1) is 5.75 Å². The van der Waals surface area contributed by atoms with Crippen LogP contribution >= 0.6 is 11.8 Å². The van der Waals surface area contributed by atoms with Crippen LogP contribution in [0.3, 0.4) is 0 Å². The number of primary amides is 1. The van der Waals surface area contributed by atoms with Crippen LogP contribution in [0.15, 0.2) is 24.3 Å². The van der Waals surface area contributed by atoms with Crippen molar-refractivity contribution in [1.82, 2.24) is 0 Å². The zero-order valence-corrected chi connectivity index (χ0v) is 10.2. The Kier molecular flexibility index (Phi) is 5.38. The van der Waals surface area contributed by atoms with Gasteiger partial charge in [-0.2, -0.15) is 0 Å². The van der Waals surface area contributed by atoms with Crippen molar-refractivity contribution in [3.05, 3.63) is 41.2 Å². The molecule has 1 amide bonds. The predicted octanol–water partition coefficient (Wildman–Crippen LogP) is 1.64. The molecule has 0 aliphatic rings. The van der Waals surface area contributed by atoms with Crippen molar-refractivity contribution >= 4 is 29.7 Å². The molecule has 0 fully saturated rings. The van der Waals surface area contributed by atoms with Crippen molar-refractivity contribution in [2.75, 3.05) is 5.75 Å². The number of aliphatic carboxylic acids is 1. The maximum atomic E-state index is 13.3. The Morgan fingerprint density at radius 1 is 1.44 bits per heavy atom. The summed E-state index contributed by atoms with van der Waals surface area (Å²) < 4.78 is 13.3. The summed E-state index contributed by atoms with van der Waals surface area (Å²) in [5.41, 5.74) is 6.00. The number of carbonyl (C=O) groups is 2. The van der Waals surface area contributed by atoms with E-state index >= 15 is 0 Å². The van der Waals surface area contributed by atoms with Crippen molar-refractivity contribution in [3.8, 4) is 0 Å². The lowest BCUT2D eigenvalue weighted by Gasteiger charge is -2.03. The molecule has 0 radical (unpaired) electrons. The summed E-state index contributed by atoms with van der Waals surface area (Å²) in [5, 5.41) is 8.47. The van der Waals surface area contributed by atoms with E-state index in [-0.39, 0.29) is 11.3 Å². The molecule has 0 heterocycles. The number of hydrogen-bond donors (Lipinski definition) is 2. The minimum absolute atomic E-state index is 0.192. The highest BCUT2D eigenvalue weighted by atomic mass is 32.2. The van der Waals surface area contributed by atoms with Gasteiger partial charge in [0.15, 0.2) is 0 Å². The normalized spacial score (nSPS) is 10.7. The number of amides is 1. The summed E-state index contributed by atoms with van der Waals surface area (Å²) in [7, 11) is 0. The van der Waals surface area contributed by atoms with Crippen LogP contribution in [-0.2, 0) is 15.3 Å². The van der Waals surface area contributed by atoms with E-state index in [2.05, 4.69) is 0 Å². The molecule has 96 valence electrons. The number of carboxylic acids is 1. The Morgan fingerprint density at radius 2 is 2.17 bits per heavy atom. The molecule has 0 aliphatic heterocycles. The Morgan fingerprint density at radius 3 is 2.78 bits per heavy atom. The Labute approximate surface area is 108 Å². The van der Waals surface area contributed by atoms with Crippen LogP contribution in [0.2, 0.25) is 0 Å². The number of halogens is 1. The fourth-order valence-electron chi connectivity index (χ4n) is 1.24. The van der Waals surface area contributed by atoms with Crippen molar-refractivity contribution in [1.29, 1.82) is 0 Å². The number of benzene rings is 1. The molecule has 18 heavy (non-hydrogen) atoms. The van der Waals surface area contributed by atoms with Gasteiger partial charge >= 0.3 is 5.97 Å². The second-order valence-corrected chi connectivity index (χ2v) is 4.47. The first-order valence-corrected chi connectivity index (χ1v) is 6.20. The molecule has 0 saturated heterocycles. The van der Waals surface area contributed by atoms with Gasteiger partial charge in [-0.25, -0.2) is 9.18 Å². The van der Waals surface area contributed by atoms with Crippen LogP contribution < -0.4 is 5.73 Å². The van der Waals surface area contributed by atoms with E-state index in [0.29, 0.717) is 5.75 Å². The van der Waals surface area contributed by atoms with E-state index in [0.717, 1.165) is 11.6 Å². The van der Waals surface area contributed by atoms with E-state index in [1.54, 1.807) is 12.1 Å². The summed E-state index contributed by atoms with van der Waals surface area (Å²) in [6.45, 7) is 0. The van der Waals surface area contributed by atoms with Gasteiger partial charge in [0.2, 0.25) is 5.91 Å². The first-order chi connectivity index (χ1) is 8.49. The highest BCUT2D eigenvalue weighted by molar-refractivity contribution is 7.99. The molecular formula is C12H12FNO3S. The van der Waals surface area contributed by atoms with Crippen molar-refractivity contribution in [3.63, 3.8) is 0 Å². The predicted molar refractivity (Wildman–Crippen MR) is 68.4 cm³/mol. The number of hydrogen-bond acceptors (Lipinski definition) is 3. The molecule has 0 aliphatic carbocycles. The van der Waals surface area contributed by atoms with Crippen molar-refractivity contribution in [2.45, 2.75) is 5.75 Å². The van der Waals surface area contributed by atoms with Crippen LogP contribution in [0.25, 0.3) is 6.08 Å². The zero-order chi connectivity index (χ0) is 13.5. The van der Waals surface area contributed by atoms with Crippen LogP contribution in [0, 0.1) is 5.82 Å². The Balaban J connectivity index is 2.74. The standard InChI is InChI=1S/C12H12FNO3S/c13-10-3-1-8(6-18-7-11(14)15)5-9(10)2-4-12(16)17/h1-5H,6-7H2,(H2,14,15)(H,16,17)/b4-2+. The lowest BCUT2D eigenvalue weighted by molar-refractivity contribution is -0.131. The molecule has 0 spiro atoms. The summed E-state index contributed by atoms with van der Waals surface area (Å²) in [6.07, 6.45) is 2.07. The van der Waals surface area contributed by atoms with Crippen LogP contribution in [0.5, 0.6) is 0 Å². The minimum Gasteiger partial charge on any atom is -0.478 e. The quantitative estimate of drug-likeness (QED) is 0.769. The van der Waals surface area contributed by atoms with Crippen LogP contribution in [0.1, 0.15) is 11.1 Å². The molecule has 1 aromatic rings. The number of rotatable bonds is 6. The SMILES string of the molecule is NC(=O)CSCc1ccc(F)c(/C=C/C(=O)O)c1. The highest BCUT2D eigenvalue weighted by Crippen LogP contribution is 2.17. The van der Waals surface area contributed by atoms with Gasteiger partial charge in [-0.1, -0.05) is 6.07 Å². The third-order valence-electron chi connectivity index (χ3n) is 1.98. The van der Waals surface area contributed by atoms with Gasteiger partial charge in [-0.15, -0.1) is 11.8 Å². The van der Waals surface area contributed by atoms with E-state index in [1.807, 2.05) is 0 Å². The molecule has 3 N–H and O–H groups in total. The molecule has 0 unspecified atom stereocenters. The van der Waals surface area contributed by atoms with Gasteiger partial charge in [0.25, 0.3) is 0 Å². The van der Waals surface area contributed by atoms with E-state index < -0.39 is 17.7 Å². The third kappa shape index (κ3) is 5.01. The monoisotopic (exact) mass is 269 g/mol. The summed E-state index contributed by atoms with van der Waals surface area (Å²) in [5.74, 6) is -1.33. The minimum atomic E-state index is -1.14. The topological polar surface area (TPSA) is 80.4 Å². The third-order valence-corrected chi connectivity index (χ3v) is 3.01. The molecule has 0 aromatic heterocycles. The average molecular weight is 269 g/mol. The fraction of sp³-hybridized carbons (Fsp3) is 0.167. The lowest BCUT2D eigenvalue weighted by atomic mass is 10.1. The molecule has 4 nitrogen and oxygen atoms in total. The molecule has 6 heteroatoms. The van der Waals surface area contributed by atoms with Gasteiger partial charge in [-0.3, -0.25) is 4.79 Å². The molecule has 0 saturated carbocycles. The maximum Gasteiger partial charge on any atom is 0.328 e. The van der Waals surface area contributed by atoms with Gasteiger partial charge in [0, 0.05) is 17.4 Å². The molecule has 0 atom stereocenters. The first kappa shape index (κ1) is 14.2. The first-order valence-electron chi connectivity index (χ1n) is 5.04. The van der Waals surface area contributed by atoms with Crippen molar-refractivity contribution < 1.29 is 19.1 Å². The van der Waals surface area contributed by atoms with Gasteiger partial charge in [0.1, 0.15) is 5.82 Å². The van der Waals surface area contributed by atoms with Crippen LogP contribution in [0.4, 0.5) is 4.39 Å². The van der Waals surface area contributed by atoms with E-state index in [9.17, 15) is 14.0 Å². The summed E-state index contributed by atoms with van der Waals surface area (Å²) in [4.78, 5) is 20.9. The molecule has 1 rings (SSSR count). The number of carboxylic acid groups (broad SMARTS) is 1. The molecule has 0 bridgehead atoms. The van der Waals surface area contributed by atoms with Crippen LogP contribution in [-0.4, -0.2) is 22.7 Å². The van der Waals surface area contributed by atoms with Gasteiger partial charge < -0.3 is 10.8 Å². The maximum absolute atomic E-state index is 13.3. The van der Waals surface area contributed by atoms with E-state index in [1.165, 1.54) is 23.9 Å². The average Bonchev–Trinajstić information content (AvgIpc) is 2.29. The number of carbonyl (C=O) groups excluding carboxylic acids is 1. The van der Waals surface area contributed by atoms with E-state index in [4.69, 9.17) is 10.8 Å². The second-order valence-electron chi connectivity index (χ2n) is 3.49. The molecule has 1 aromatic carbocycles. The summed E-state index contributed by atoms with van der Waals surface area (Å²) >= 11 is 1.32. The fourth-order valence-corrected chi connectivity index (χ4v) is 1.96. The number of thioether (sulfide) groups is 1. The Bertz CT molecular complexity index is 488. The zero-order valence-electron chi connectivity index (χ0n) is 9.43. The molecular weight excluding hydrogens is 257 g/mol.